The van der Waals surface area contributed by atoms with Crippen molar-refractivity contribution in [2.75, 3.05) is 0 Å². The van der Waals surface area contributed by atoms with Crippen LogP contribution in [0.3, 0.4) is 0 Å². The van der Waals surface area contributed by atoms with Crippen molar-refractivity contribution in [1.29, 1.82) is 10.9 Å². The molecule has 12 heavy (non-hydrogen) atoms. The molecule has 0 heterocycles. The fraction of sp³-hybridized carbons (Fsp3) is 0. The molecule has 0 bridgehead atoms. The van der Waals surface area contributed by atoms with Crippen LogP contribution in [0, 0.1) is 10.9 Å². The zero-order valence-electron chi connectivity index (χ0n) is 6.31. The zero-order valence-corrected chi connectivity index (χ0v) is 6.31. The van der Waals surface area contributed by atoms with Crippen molar-refractivity contribution in [3.63, 3.8) is 0 Å². The van der Waals surface area contributed by atoms with Crippen LogP contribution in [0.5, 0.6) is 0 Å². The van der Waals surface area contributed by atoms with Crippen molar-refractivity contribution in [3.8, 4) is 0 Å². The Bertz CT molecular complexity index is 404. The van der Waals surface area contributed by atoms with Gasteiger partial charge in [-0.2, -0.15) is 5.11 Å². The number of nitrogens with zero attached hydrogens (tertiary/aromatic N) is 3. The molecule has 0 saturated heterocycles. The lowest BCUT2D eigenvalue weighted by Gasteiger charge is -1.80. The monoisotopic (exact) mass is 159 g/mol. The maximum absolute atomic E-state index is 8.21. The Hall–Kier alpha value is -2.02. The first-order chi connectivity index (χ1) is 5.86. The molecule has 1 N–H and O–H groups in total. The molecule has 0 aromatic heterocycles. The van der Waals surface area contributed by atoms with Crippen LogP contribution in [0.1, 0.15) is 0 Å². The summed E-state index contributed by atoms with van der Waals surface area (Å²) in [7, 11) is 0. The Kier molecular flexibility index (Phi) is 2.68. The molecular formula is C8H7N4+. The zero-order chi connectivity index (χ0) is 8.81. The minimum Gasteiger partial charge on any atom is -0.205 e. The van der Waals surface area contributed by atoms with Gasteiger partial charge in [-0.05, 0) is 17.4 Å². The number of benzene rings is 1. The van der Waals surface area contributed by atoms with E-state index in [2.05, 4.69) is 10.1 Å². The van der Waals surface area contributed by atoms with E-state index in [0.717, 1.165) is 10.4 Å². The normalized spacial score (nSPS) is 8.25. The third-order valence-electron chi connectivity index (χ3n) is 1.36. The maximum atomic E-state index is 8.21. The van der Waals surface area contributed by atoms with Crippen LogP contribution >= 0.6 is 0 Å². The average molecular weight is 159 g/mol. The Morgan fingerprint density at radius 2 is 1.83 bits per heavy atom. The van der Waals surface area contributed by atoms with Gasteiger partial charge in [0.25, 0.3) is 0 Å². The van der Waals surface area contributed by atoms with Crippen molar-refractivity contribution >= 4 is 12.4 Å². The van der Waals surface area contributed by atoms with Gasteiger partial charge in [0.2, 0.25) is 5.39 Å². The minimum absolute atomic E-state index is 0.805. The predicted molar refractivity (Wildman–Crippen MR) is 44.9 cm³/mol. The molecule has 0 aliphatic carbocycles. The highest BCUT2D eigenvalue weighted by molar-refractivity contribution is 5.30. The number of diazo groups is 1. The Labute approximate surface area is 69.0 Å². The van der Waals surface area contributed by atoms with Gasteiger partial charge in [-0.3, -0.25) is 0 Å². The summed E-state index contributed by atoms with van der Waals surface area (Å²) in [5.74, 6) is 0. The van der Waals surface area contributed by atoms with E-state index in [9.17, 15) is 0 Å². The molecule has 1 rings (SSSR count). The SMILES string of the molecule is N#[N+]C=c1ccc(=CN=N)cc1. The van der Waals surface area contributed by atoms with Crippen LogP contribution in [0.2, 0.25) is 0 Å². The fourth-order valence-electron chi connectivity index (χ4n) is 0.809. The van der Waals surface area contributed by atoms with Crippen LogP contribution in [0.25, 0.3) is 17.4 Å². The molecule has 58 valence electrons. The van der Waals surface area contributed by atoms with E-state index in [4.69, 9.17) is 10.9 Å². The fourth-order valence-corrected chi connectivity index (χ4v) is 0.809. The van der Waals surface area contributed by atoms with Gasteiger partial charge in [0, 0.05) is 0 Å². The molecule has 0 spiro atoms. The number of rotatable bonds is 1. The first-order valence-corrected chi connectivity index (χ1v) is 3.34. The first kappa shape index (κ1) is 8.08. The second-order valence-corrected chi connectivity index (χ2v) is 2.17. The lowest BCUT2D eigenvalue weighted by molar-refractivity contribution is 1.18. The maximum Gasteiger partial charge on any atom is 0.357 e. The summed E-state index contributed by atoms with van der Waals surface area (Å²) in [6, 6.07) is 7.12. The highest BCUT2D eigenvalue weighted by Gasteiger charge is 1.84. The molecule has 0 aliphatic rings. The summed E-state index contributed by atoms with van der Waals surface area (Å²) in [4.78, 5) is 2.89. The summed E-state index contributed by atoms with van der Waals surface area (Å²) in [6.45, 7) is 0. The standard InChI is InChI=1S/C8H7N4/c9-11-5-7-1-2-8(4-3-7)6-12-10/h1-6,9H/q+1. The quantitative estimate of drug-likeness (QED) is 0.483. The van der Waals surface area contributed by atoms with Gasteiger partial charge < -0.3 is 0 Å². The van der Waals surface area contributed by atoms with Gasteiger partial charge in [-0.1, -0.05) is 12.1 Å². The smallest absolute Gasteiger partial charge is 0.205 e. The number of hydrogen-bond acceptors (Lipinski definition) is 3. The van der Waals surface area contributed by atoms with Crippen molar-refractivity contribution in [1.82, 2.24) is 0 Å². The van der Waals surface area contributed by atoms with E-state index in [-0.39, 0.29) is 0 Å². The molecule has 0 unspecified atom stereocenters. The first-order valence-electron chi connectivity index (χ1n) is 3.34. The van der Waals surface area contributed by atoms with Crippen LogP contribution in [-0.4, -0.2) is 0 Å². The highest BCUT2D eigenvalue weighted by atomic mass is 14.9. The molecule has 4 nitrogen and oxygen atoms in total. The molecule has 1 aromatic rings. The third kappa shape index (κ3) is 1.99. The average Bonchev–Trinajstić information content (AvgIpc) is 2.09. The molecule has 0 radical (unpaired) electrons. The molecule has 0 aliphatic heterocycles. The van der Waals surface area contributed by atoms with E-state index in [0.29, 0.717) is 0 Å². The molecule has 0 atom stereocenters. The van der Waals surface area contributed by atoms with Crippen molar-refractivity contribution in [2.45, 2.75) is 0 Å². The summed E-state index contributed by atoms with van der Waals surface area (Å²) < 4.78 is 0. The number of hydrogen-bond donors (Lipinski definition) is 1. The number of nitrogens with one attached hydrogen (secondary N) is 1. The second kappa shape index (κ2) is 3.98. The largest absolute Gasteiger partial charge is 0.357 e. The lowest BCUT2D eigenvalue weighted by atomic mass is 10.3. The Morgan fingerprint density at radius 3 is 2.33 bits per heavy atom. The van der Waals surface area contributed by atoms with Gasteiger partial charge in [-0.25, -0.2) is 5.53 Å². The van der Waals surface area contributed by atoms with Crippen molar-refractivity contribution in [2.24, 2.45) is 5.11 Å². The minimum atomic E-state index is 0.805. The third-order valence-corrected chi connectivity index (χ3v) is 1.36. The van der Waals surface area contributed by atoms with E-state index in [1.807, 2.05) is 0 Å². The molecule has 0 saturated carbocycles. The Balaban J connectivity index is 3.20. The summed E-state index contributed by atoms with van der Waals surface area (Å²) in [5.41, 5.74) is 6.58. The molecule has 4 heteroatoms. The van der Waals surface area contributed by atoms with Gasteiger partial charge in [0.1, 0.15) is 0 Å². The van der Waals surface area contributed by atoms with Crippen LogP contribution in [0.4, 0.5) is 0 Å². The van der Waals surface area contributed by atoms with E-state index in [1.54, 1.807) is 24.3 Å². The Morgan fingerprint density at radius 1 is 1.25 bits per heavy atom. The van der Waals surface area contributed by atoms with E-state index in [1.165, 1.54) is 12.4 Å². The second-order valence-electron chi connectivity index (χ2n) is 2.17. The molecular weight excluding hydrogens is 152 g/mol. The van der Waals surface area contributed by atoms with E-state index >= 15 is 0 Å². The van der Waals surface area contributed by atoms with Crippen LogP contribution in [-0.2, 0) is 0 Å². The van der Waals surface area contributed by atoms with Crippen LogP contribution in [0.15, 0.2) is 29.4 Å². The van der Waals surface area contributed by atoms with E-state index < -0.39 is 0 Å². The summed E-state index contributed by atoms with van der Waals surface area (Å²) >= 11 is 0. The summed E-state index contributed by atoms with van der Waals surface area (Å²) in [5, 5.41) is 13.0. The van der Waals surface area contributed by atoms with Crippen molar-refractivity contribution in [3.05, 3.63) is 39.7 Å². The summed E-state index contributed by atoms with van der Waals surface area (Å²) in [6.07, 6.45) is 2.77. The highest BCUT2D eigenvalue weighted by Crippen LogP contribution is 1.73. The van der Waals surface area contributed by atoms with Crippen LogP contribution < -0.4 is 10.4 Å². The van der Waals surface area contributed by atoms with Gasteiger partial charge in [-0.15, -0.1) is 0 Å². The lowest BCUT2D eigenvalue weighted by Crippen LogP contribution is -2.05. The van der Waals surface area contributed by atoms with Crippen molar-refractivity contribution < 1.29 is 0 Å². The van der Waals surface area contributed by atoms with Gasteiger partial charge >= 0.3 is 6.20 Å². The molecule has 0 fully saturated rings. The molecule has 0 amide bonds. The predicted octanol–water partition coefficient (Wildman–Crippen LogP) is 1.05. The van der Waals surface area contributed by atoms with Gasteiger partial charge in [0.15, 0.2) is 4.98 Å². The van der Waals surface area contributed by atoms with Gasteiger partial charge in [0.05, 0.1) is 11.4 Å². The topological polar surface area (TPSA) is 64.4 Å². The molecule has 1 aromatic carbocycles.